The van der Waals surface area contributed by atoms with Crippen molar-refractivity contribution in [2.45, 2.75) is 82.9 Å². The van der Waals surface area contributed by atoms with Crippen molar-refractivity contribution in [3.05, 3.63) is 87.6 Å². The fraction of sp³-hybridized carbons (Fsp3) is 0.457. The molecule has 10 nitrogen and oxygen atoms in total. The van der Waals surface area contributed by atoms with Crippen molar-refractivity contribution in [2.24, 2.45) is 0 Å². The number of nitrogens with one attached hydrogen (secondary N) is 3. The van der Waals surface area contributed by atoms with Crippen LogP contribution in [0.2, 0.25) is 0 Å². The van der Waals surface area contributed by atoms with Crippen LogP contribution in [-0.4, -0.2) is 74.0 Å². The van der Waals surface area contributed by atoms with Gasteiger partial charge in [-0.15, -0.1) is 10.8 Å². The van der Waals surface area contributed by atoms with Crippen LogP contribution in [0.3, 0.4) is 0 Å². The first-order valence-corrected chi connectivity index (χ1v) is 18.7. The molecule has 0 radical (unpaired) electrons. The molecule has 262 valence electrons. The van der Waals surface area contributed by atoms with Gasteiger partial charge in [-0.2, -0.15) is 0 Å². The Morgan fingerprint density at radius 1 is 1.12 bits per heavy atom. The third kappa shape index (κ3) is 8.27. The van der Waals surface area contributed by atoms with Crippen molar-refractivity contribution in [3.8, 4) is 5.75 Å². The van der Waals surface area contributed by atoms with E-state index in [0.717, 1.165) is 15.6 Å². The third-order valence-corrected chi connectivity index (χ3v) is 11.2. The van der Waals surface area contributed by atoms with Crippen LogP contribution in [0.5, 0.6) is 5.75 Å². The SMILES string of the molecule is CC(C)Nc1cc(C(=O)N[C@@H](Cc2ccccc2)[C@@H](O)CN[C@H]2c3cc(Br)ccc3OC(C)(C)[C@@H]2O)c(F)c(N2CCCCS2(O)O)c1. The lowest BCUT2D eigenvalue weighted by molar-refractivity contribution is -0.0663. The van der Waals surface area contributed by atoms with Crippen LogP contribution < -0.4 is 25.0 Å². The van der Waals surface area contributed by atoms with Gasteiger partial charge in [-0.3, -0.25) is 18.2 Å². The van der Waals surface area contributed by atoms with E-state index >= 15 is 4.39 Å². The smallest absolute Gasteiger partial charge is 0.254 e. The van der Waals surface area contributed by atoms with E-state index in [9.17, 15) is 24.1 Å². The zero-order valence-electron chi connectivity index (χ0n) is 27.6. The predicted molar refractivity (Wildman–Crippen MR) is 192 cm³/mol. The third-order valence-electron chi connectivity index (χ3n) is 8.74. The molecular weight excluding hydrogens is 703 g/mol. The Hall–Kier alpha value is -2.91. The average Bonchev–Trinajstić information content (AvgIpc) is 3.02. The summed E-state index contributed by atoms with van der Waals surface area (Å²) < 4.78 is 46.0. The fourth-order valence-electron chi connectivity index (χ4n) is 6.24. The van der Waals surface area contributed by atoms with Crippen molar-refractivity contribution in [3.63, 3.8) is 0 Å². The fourth-order valence-corrected chi connectivity index (χ4v) is 8.30. The van der Waals surface area contributed by atoms with E-state index < -0.39 is 52.4 Å². The number of aliphatic hydroxyl groups excluding tert-OH is 2. The van der Waals surface area contributed by atoms with Gasteiger partial charge >= 0.3 is 0 Å². The summed E-state index contributed by atoms with van der Waals surface area (Å²) in [5.41, 5.74) is 0.766. The van der Waals surface area contributed by atoms with E-state index in [1.807, 2.05) is 62.4 Å². The number of halogens is 2. The van der Waals surface area contributed by atoms with Gasteiger partial charge in [0, 0.05) is 34.9 Å². The second-order valence-corrected chi connectivity index (χ2v) is 16.4. The van der Waals surface area contributed by atoms with Gasteiger partial charge in [-0.05, 0) is 82.9 Å². The molecule has 0 aliphatic carbocycles. The van der Waals surface area contributed by atoms with Crippen LogP contribution in [0.4, 0.5) is 15.8 Å². The van der Waals surface area contributed by atoms with E-state index in [2.05, 4.69) is 31.9 Å². The van der Waals surface area contributed by atoms with Gasteiger partial charge in [0.05, 0.1) is 35.2 Å². The highest BCUT2D eigenvalue weighted by Crippen LogP contribution is 2.51. The largest absolute Gasteiger partial charge is 0.485 e. The van der Waals surface area contributed by atoms with Crippen LogP contribution in [0.25, 0.3) is 0 Å². The van der Waals surface area contributed by atoms with E-state index in [1.165, 1.54) is 16.4 Å². The molecular formula is C35H46BrFN4O6S. The molecule has 5 rings (SSSR count). The second kappa shape index (κ2) is 14.9. The number of fused-ring (bicyclic) bond motifs is 1. The maximum atomic E-state index is 16.3. The summed E-state index contributed by atoms with van der Waals surface area (Å²) in [4.78, 5) is 13.9. The maximum Gasteiger partial charge on any atom is 0.254 e. The second-order valence-electron chi connectivity index (χ2n) is 13.4. The zero-order chi connectivity index (χ0) is 34.8. The number of ether oxygens (including phenoxy) is 1. The van der Waals surface area contributed by atoms with Crippen LogP contribution in [0.1, 0.15) is 68.1 Å². The Balaban J connectivity index is 1.43. The molecule has 0 spiro atoms. The number of rotatable bonds is 11. The van der Waals surface area contributed by atoms with Gasteiger partial charge in [0.25, 0.3) is 5.91 Å². The standard InChI is InChI=1S/C35H46BrFN4O6S/c1-21(2)39-24-18-26(31(37)28(19-24)41-14-8-9-15-48(41,45)46)34(44)40-27(16-22-10-6-5-7-11-22)29(42)20-38-32-25-17-23(36)12-13-30(25)47-35(3,4)33(32)43/h5-7,10-13,17-19,21,27,29,32-33,38-39,42-43,45-46H,8-9,14-16,20H2,1-4H3,(H,40,44)/t27-,29-,32-,33+/m0/s1. The lowest BCUT2D eigenvalue weighted by Gasteiger charge is -2.47. The number of benzene rings is 3. The Bertz CT molecular complexity index is 1600. The number of anilines is 2. The molecule has 1 saturated heterocycles. The molecule has 48 heavy (non-hydrogen) atoms. The van der Waals surface area contributed by atoms with Crippen molar-refractivity contribution in [2.75, 3.05) is 28.5 Å². The van der Waals surface area contributed by atoms with Crippen LogP contribution in [0.15, 0.2) is 65.1 Å². The summed E-state index contributed by atoms with van der Waals surface area (Å²) in [6.07, 6.45) is -0.617. The molecule has 4 atom stereocenters. The van der Waals surface area contributed by atoms with Crippen LogP contribution >= 0.6 is 26.7 Å². The first-order chi connectivity index (χ1) is 22.7. The molecule has 0 aromatic heterocycles. The highest BCUT2D eigenvalue weighted by Gasteiger charge is 2.43. The summed E-state index contributed by atoms with van der Waals surface area (Å²) in [5, 5.41) is 32.2. The number of carbonyl (C=O) groups excluding carboxylic acids is 1. The molecule has 3 aromatic carbocycles. The Labute approximate surface area is 291 Å². The Morgan fingerprint density at radius 2 is 1.85 bits per heavy atom. The summed E-state index contributed by atoms with van der Waals surface area (Å²) in [5.74, 6) is -0.893. The minimum absolute atomic E-state index is 0.0150. The van der Waals surface area contributed by atoms with Crippen molar-refractivity contribution < 1.29 is 33.2 Å². The lowest BCUT2D eigenvalue weighted by Crippen LogP contribution is -2.55. The van der Waals surface area contributed by atoms with E-state index in [-0.39, 0.29) is 42.6 Å². The highest BCUT2D eigenvalue weighted by atomic mass is 79.9. The average molecular weight is 750 g/mol. The predicted octanol–water partition coefficient (Wildman–Crippen LogP) is 6.24. The quantitative estimate of drug-likeness (QED) is 0.121. The molecule has 0 unspecified atom stereocenters. The molecule has 1 amide bonds. The number of hydrogen-bond acceptors (Lipinski definition) is 9. The van der Waals surface area contributed by atoms with Crippen LogP contribution in [0, 0.1) is 5.82 Å². The van der Waals surface area contributed by atoms with E-state index in [1.54, 1.807) is 13.8 Å². The molecule has 2 aliphatic heterocycles. The molecule has 3 aromatic rings. The number of aliphatic hydroxyl groups is 2. The number of hydrogen-bond donors (Lipinski definition) is 7. The summed E-state index contributed by atoms with van der Waals surface area (Å²) >= 11 is 3.49. The van der Waals surface area contributed by atoms with Gasteiger partial charge in [-0.25, -0.2) is 4.39 Å². The summed E-state index contributed by atoms with van der Waals surface area (Å²) in [6.45, 7) is 7.62. The van der Waals surface area contributed by atoms with Gasteiger partial charge < -0.3 is 30.9 Å². The highest BCUT2D eigenvalue weighted by molar-refractivity contribution is 9.10. The molecule has 1 fully saturated rings. The molecule has 2 aliphatic rings. The Morgan fingerprint density at radius 3 is 2.54 bits per heavy atom. The van der Waals surface area contributed by atoms with Gasteiger partial charge in [0.15, 0.2) is 5.82 Å². The topological polar surface area (TPSA) is 147 Å². The lowest BCUT2D eigenvalue weighted by atomic mass is 9.86. The molecule has 2 heterocycles. The molecule has 7 N–H and O–H groups in total. The molecule has 0 saturated carbocycles. The minimum atomic E-state index is -3.27. The van der Waals surface area contributed by atoms with Crippen molar-refractivity contribution in [1.82, 2.24) is 10.6 Å². The van der Waals surface area contributed by atoms with Crippen molar-refractivity contribution in [1.29, 1.82) is 0 Å². The van der Waals surface area contributed by atoms with Crippen LogP contribution in [-0.2, 0) is 6.42 Å². The first-order valence-electron chi connectivity index (χ1n) is 16.2. The number of carbonyl (C=O) groups is 1. The summed E-state index contributed by atoms with van der Waals surface area (Å²) in [6, 6.07) is 16.3. The number of nitrogens with zero attached hydrogens (tertiary/aromatic N) is 1. The Kier molecular flexibility index (Phi) is 11.3. The van der Waals surface area contributed by atoms with Gasteiger partial charge in [-0.1, -0.05) is 46.3 Å². The van der Waals surface area contributed by atoms with Crippen molar-refractivity contribution >= 4 is 44.0 Å². The summed E-state index contributed by atoms with van der Waals surface area (Å²) in [7, 11) is -3.27. The normalized spacial score (nSPS) is 21.9. The number of amides is 1. The van der Waals surface area contributed by atoms with Gasteiger partial charge in [0.1, 0.15) is 17.5 Å². The minimum Gasteiger partial charge on any atom is -0.485 e. The molecule has 13 heteroatoms. The first kappa shape index (κ1) is 36.4. The van der Waals surface area contributed by atoms with E-state index in [4.69, 9.17) is 4.74 Å². The monoisotopic (exact) mass is 748 g/mol. The maximum absolute atomic E-state index is 16.3. The van der Waals surface area contributed by atoms with Gasteiger partial charge in [0.2, 0.25) is 0 Å². The zero-order valence-corrected chi connectivity index (χ0v) is 30.0. The molecule has 0 bridgehead atoms. The van der Waals surface area contributed by atoms with E-state index in [0.29, 0.717) is 24.3 Å².